The van der Waals surface area contributed by atoms with Crippen molar-refractivity contribution in [3.63, 3.8) is 0 Å². The van der Waals surface area contributed by atoms with E-state index in [1.807, 2.05) is 36.4 Å². The number of benzene rings is 1. The molecule has 0 heterocycles. The van der Waals surface area contributed by atoms with Crippen LogP contribution in [-0.2, 0) is 6.54 Å². The lowest BCUT2D eigenvalue weighted by Gasteiger charge is -2.16. The van der Waals surface area contributed by atoms with Gasteiger partial charge in [-0.3, -0.25) is 4.90 Å². The zero-order chi connectivity index (χ0) is 11.1. The second-order valence-corrected chi connectivity index (χ2v) is 3.16. The Hall–Kier alpha value is -2.04. The van der Waals surface area contributed by atoms with Crippen molar-refractivity contribution in [2.45, 2.75) is 6.54 Å². The molecule has 0 aliphatic heterocycles. The average Bonchev–Trinajstić information content (AvgIpc) is 2.22. The van der Waals surface area contributed by atoms with Gasteiger partial charge in [-0.15, -0.1) is 0 Å². The first-order valence-corrected chi connectivity index (χ1v) is 4.57. The third-order valence-electron chi connectivity index (χ3n) is 2.04. The maximum Gasteiger partial charge on any atom is 0.0877 e. The number of nitrogens with zero attached hydrogens (tertiary/aromatic N) is 3. The topological polar surface area (TPSA) is 76.8 Å². The van der Waals surface area contributed by atoms with Crippen LogP contribution in [0.4, 0.5) is 5.69 Å². The Bertz CT molecular complexity index is 384. The molecule has 15 heavy (non-hydrogen) atoms. The summed E-state index contributed by atoms with van der Waals surface area (Å²) in [6, 6.07) is 11.5. The van der Waals surface area contributed by atoms with Crippen LogP contribution in [0.25, 0.3) is 0 Å². The van der Waals surface area contributed by atoms with Crippen molar-refractivity contribution in [1.29, 1.82) is 10.5 Å². The van der Waals surface area contributed by atoms with E-state index in [0.717, 1.165) is 5.56 Å². The van der Waals surface area contributed by atoms with E-state index in [0.29, 0.717) is 12.2 Å². The van der Waals surface area contributed by atoms with Gasteiger partial charge in [-0.1, -0.05) is 18.2 Å². The highest BCUT2D eigenvalue weighted by Crippen LogP contribution is 2.12. The van der Waals surface area contributed by atoms with E-state index in [1.54, 1.807) is 4.90 Å². The van der Waals surface area contributed by atoms with Gasteiger partial charge in [-0.2, -0.15) is 10.5 Å². The number of anilines is 1. The molecule has 1 aromatic carbocycles. The standard InChI is InChI=1S/C11H12N4/c12-5-7-15(8-6-13)9-10-3-1-2-4-11(10)14/h1-4H,7-9,14H2. The van der Waals surface area contributed by atoms with Crippen molar-refractivity contribution in [2.24, 2.45) is 0 Å². The van der Waals surface area contributed by atoms with Gasteiger partial charge >= 0.3 is 0 Å². The highest BCUT2D eigenvalue weighted by atomic mass is 15.1. The second kappa shape index (κ2) is 5.64. The Morgan fingerprint density at radius 3 is 2.27 bits per heavy atom. The molecule has 0 aliphatic carbocycles. The molecule has 0 spiro atoms. The summed E-state index contributed by atoms with van der Waals surface area (Å²) in [5.74, 6) is 0. The average molecular weight is 200 g/mol. The summed E-state index contributed by atoms with van der Waals surface area (Å²) in [7, 11) is 0. The summed E-state index contributed by atoms with van der Waals surface area (Å²) >= 11 is 0. The fraction of sp³-hybridized carbons (Fsp3) is 0.273. The van der Waals surface area contributed by atoms with Crippen LogP contribution in [0.3, 0.4) is 0 Å². The van der Waals surface area contributed by atoms with Crippen LogP contribution in [0.5, 0.6) is 0 Å². The SMILES string of the molecule is N#CCN(CC#N)Cc1ccccc1N. The quantitative estimate of drug-likeness (QED) is 0.583. The first-order chi connectivity index (χ1) is 7.27. The van der Waals surface area contributed by atoms with E-state index in [4.69, 9.17) is 16.3 Å². The Balaban J connectivity index is 2.71. The van der Waals surface area contributed by atoms with Crippen LogP contribution in [-0.4, -0.2) is 18.0 Å². The summed E-state index contributed by atoms with van der Waals surface area (Å²) < 4.78 is 0. The number of hydrogen-bond acceptors (Lipinski definition) is 4. The molecule has 1 aromatic rings. The minimum absolute atomic E-state index is 0.238. The van der Waals surface area contributed by atoms with Gasteiger partial charge < -0.3 is 5.73 Å². The van der Waals surface area contributed by atoms with Crippen molar-refractivity contribution >= 4 is 5.69 Å². The van der Waals surface area contributed by atoms with Crippen LogP contribution in [0.1, 0.15) is 5.56 Å². The van der Waals surface area contributed by atoms with E-state index in [-0.39, 0.29) is 13.1 Å². The molecule has 1 rings (SSSR count). The third kappa shape index (κ3) is 3.30. The molecule has 0 aromatic heterocycles. The molecule has 0 bridgehead atoms. The molecule has 0 fully saturated rings. The fourth-order valence-corrected chi connectivity index (χ4v) is 1.29. The molecule has 0 aliphatic rings. The van der Waals surface area contributed by atoms with E-state index in [1.165, 1.54) is 0 Å². The molecule has 2 N–H and O–H groups in total. The molecule has 76 valence electrons. The molecule has 0 saturated heterocycles. The molecule has 0 radical (unpaired) electrons. The molecule has 0 atom stereocenters. The minimum atomic E-state index is 0.238. The maximum absolute atomic E-state index is 8.58. The smallest absolute Gasteiger partial charge is 0.0877 e. The fourth-order valence-electron chi connectivity index (χ4n) is 1.29. The molecular weight excluding hydrogens is 188 g/mol. The Morgan fingerprint density at radius 2 is 1.73 bits per heavy atom. The number of nitrogens with two attached hydrogens (primary N) is 1. The van der Waals surface area contributed by atoms with Crippen LogP contribution >= 0.6 is 0 Å². The zero-order valence-corrected chi connectivity index (χ0v) is 8.35. The van der Waals surface area contributed by atoms with Gasteiger partial charge in [0, 0.05) is 12.2 Å². The second-order valence-electron chi connectivity index (χ2n) is 3.16. The molecule has 0 unspecified atom stereocenters. The Morgan fingerprint density at radius 1 is 1.13 bits per heavy atom. The van der Waals surface area contributed by atoms with Gasteiger partial charge in [-0.05, 0) is 11.6 Å². The summed E-state index contributed by atoms with van der Waals surface area (Å²) in [4.78, 5) is 1.74. The van der Waals surface area contributed by atoms with Gasteiger partial charge in [0.1, 0.15) is 0 Å². The van der Waals surface area contributed by atoms with Crippen molar-refractivity contribution < 1.29 is 0 Å². The van der Waals surface area contributed by atoms with E-state index in [2.05, 4.69) is 0 Å². The first-order valence-electron chi connectivity index (χ1n) is 4.57. The van der Waals surface area contributed by atoms with Crippen LogP contribution in [0, 0.1) is 22.7 Å². The Labute approximate surface area is 89.1 Å². The third-order valence-corrected chi connectivity index (χ3v) is 2.04. The van der Waals surface area contributed by atoms with Crippen LogP contribution in [0.2, 0.25) is 0 Å². The lowest BCUT2D eigenvalue weighted by molar-refractivity contribution is 0.335. The van der Waals surface area contributed by atoms with Crippen LogP contribution < -0.4 is 5.73 Å². The molecule has 4 heteroatoms. The summed E-state index contributed by atoms with van der Waals surface area (Å²) in [6.07, 6.45) is 0. The largest absolute Gasteiger partial charge is 0.398 e. The highest BCUT2D eigenvalue weighted by Gasteiger charge is 2.06. The van der Waals surface area contributed by atoms with Gasteiger partial charge in [0.15, 0.2) is 0 Å². The molecule has 4 nitrogen and oxygen atoms in total. The highest BCUT2D eigenvalue weighted by molar-refractivity contribution is 5.46. The normalized spacial score (nSPS) is 9.53. The monoisotopic (exact) mass is 200 g/mol. The zero-order valence-electron chi connectivity index (χ0n) is 8.35. The van der Waals surface area contributed by atoms with Crippen molar-refractivity contribution in [3.05, 3.63) is 29.8 Å². The lowest BCUT2D eigenvalue weighted by atomic mass is 10.1. The molecular formula is C11H12N4. The first kappa shape index (κ1) is 11.0. The summed E-state index contributed by atoms with van der Waals surface area (Å²) in [6.45, 7) is 1.01. The van der Waals surface area contributed by atoms with Gasteiger partial charge in [0.25, 0.3) is 0 Å². The number of para-hydroxylation sites is 1. The number of nitrogen functional groups attached to an aromatic ring is 1. The minimum Gasteiger partial charge on any atom is -0.398 e. The van der Waals surface area contributed by atoms with Gasteiger partial charge in [0.05, 0.1) is 25.2 Å². The molecule has 0 saturated carbocycles. The van der Waals surface area contributed by atoms with E-state index in [9.17, 15) is 0 Å². The van der Waals surface area contributed by atoms with E-state index >= 15 is 0 Å². The predicted octanol–water partition coefficient (Wildman–Crippen LogP) is 1.12. The lowest BCUT2D eigenvalue weighted by Crippen LogP contribution is -2.24. The van der Waals surface area contributed by atoms with E-state index < -0.39 is 0 Å². The van der Waals surface area contributed by atoms with Crippen LogP contribution in [0.15, 0.2) is 24.3 Å². The van der Waals surface area contributed by atoms with Crippen molar-refractivity contribution in [1.82, 2.24) is 4.90 Å². The number of nitriles is 2. The van der Waals surface area contributed by atoms with Gasteiger partial charge in [-0.25, -0.2) is 0 Å². The summed E-state index contributed by atoms with van der Waals surface area (Å²) in [5, 5.41) is 17.2. The number of rotatable bonds is 4. The summed E-state index contributed by atoms with van der Waals surface area (Å²) in [5.41, 5.74) is 7.41. The number of hydrogen-bond donors (Lipinski definition) is 1. The van der Waals surface area contributed by atoms with Crippen molar-refractivity contribution in [2.75, 3.05) is 18.8 Å². The Kier molecular flexibility index (Phi) is 4.15. The molecule has 0 amide bonds. The predicted molar refractivity (Wildman–Crippen MR) is 57.4 cm³/mol. The van der Waals surface area contributed by atoms with Crippen molar-refractivity contribution in [3.8, 4) is 12.1 Å². The maximum atomic E-state index is 8.58. The van der Waals surface area contributed by atoms with Gasteiger partial charge in [0.2, 0.25) is 0 Å².